The minimum atomic E-state index is -3.84. The first-order valence-electron chi connectivity index (χ1n) is 6.37. The number of sulfonamides is 1. The maximum atomic E-state index is 13.2. The summed E-state index contributed by atoms with van der Waals surface area (Å²) >= 11 is 0. The summed E-state index contributed by atoms with van der Waals surface area (Å²) in [6.45, 7) is 0.205. The molecule has 7 heteroatoms. The average Bonchev–Trinajstić information content (AvgIpc) is 3.18. The third-order valence-corrected chi connectivity index (χ3v) is 5.03. The molecule has 110 valence electrons. The molecule has 0 heterocycles. The Morgan fingerprint density at radius 3 is 2.65 bits per heavy atom. The number of carboxylic acid groups (broad SMARTS) is 1. The van der Waals surface area contributed by atoms with E-state index in [1.807, 2.05) is 0 Å². The van der Waals surface area contributed by atoms with Gasteiger partial charge in [0.2, 0.25) is 10.0 Å². The molecule has 0 aromatic heterocycles. The van der Waals surface area contributed by atoms with Gasteiger partial charge in [-0.15, -0.1) is 0 Å². The molecule has 0 unspecified atom stereocenters. The fourth-order valence-corrected chi connectivity index (χ4v) is 3.44. The Kier molecular flexibility index (Phi) is 4.39. The predicted molar refractivity (Wildman–Crippen MR) is 70.1 cm³/mol. The SMILES string of the molecule is O=C(O)CCN(CC1CC1)S(=O)(=O)c1cccc(F)c1. The molecule has 1 aliphatic rings. The van der Waals surface area contributed by atoms with Gasteiger partial charge in [0.25, 0.3) is 0 Å². The quantitative estimate of drug-likeness (QED) is 0.832. The van der Waals surface area contributed by atoms with Crippen molar-refractivity contribution in [3.63, 3.8) is 0 Å². The molecule has 1 aromatic rings. The zero-order valence-electron chi connectivity index (χ0n) is 10.8. The van der Waals surface area contributed by atoms with E-state index < -0.39 is 21.8 Å². The molecule has 1 saturated carbocycles. The Morgan fingerprint density at radius 1 is 1.40 bits per heavy atom. The molecule has 1 N–H and O–H groups in total. The van der Waals surface area contributed by atoms with Crippen molar-refractivity contribution in [3.05, 3.63) is 30.1 Å². The Labute approximate surface area is 117 Å². The number of nitrogens with zero attached hydrogens (tertiary/aromatic N) is 1. The summed E-state index contributed by atoms with van der Waals surface area (Å²) in [7, 11) is -3.84. The zero-order chi connectivity index (χ0) is 14.8. The standard InChI is InChI=1S/C13H16FNO4S/c14-11-2-1-3-12(8-11)20(18,19)15(7-6-13(16)17)9-10-4-5-10/h1-3,8,10H,4-7,9H2,(H,16,17). The number of hydrogen-bond donors (Lipinski definition) is 1. The van der Waals surface area contributed by atoms with Crippen molar-refractivity contribution >= 4 is 16.0 Å². The van der Waals surface area contributed by atoms with Gasteiger partial charge in [-0.1, -0.05) is 6.07 Å². The Balaban J connectivity index is 2.22. The van der Waals surface area contributed by atoms with E-state index in [1.54, 1.807) is 0 Å². The van der Waals surface area contributed by atoms with Gasteiger partial charge in [0.15, 0.2) is 0 Å². The van der Waals surface area contributed by atoms with Crippen molar-refractivity contribution < 1.29 is 22.7 Å². The van der Waals surface area contributed by atoms with Crippen LogP contribution in [0.4, 0.5) is 4.39 Å². The van der Waals surface area contributed by atoms with Gasteiger partial charge in [-0.25, -0.2) is 12.8 Å². The number of aliphatic carboxylic acids is 1. The zero-order valence-corrected chi connectivity index (χ0v) is 11.6. The lowest BCUT2D eigenvalue weighted by Crippen LogP contribution is -2.34. The summed E-state index contributed by atoms with van der Waals surface area (Å²) in [5.41, 5.74) is 0. The number of rotatable bonds is 7. The van der Waals surface area contributed by atoms with Gasteiger partial charge in [-0.3, -0.25) is 4.79 Å². The van der Waals surface area contributed by atoms with Gasteiger partial charge in [0, 0.05) is 13.1 Å². The lowest BCUT2D eigenvalue weighted by molar-refractivity contribution is -0.137. The highest BCUT2D eigenvalue weighted by molar-refractivity contribution is 7.89. The molecule has 0 saturated heterocycles. The molecule has 5 nitrogen and oxygen atoms in total. The maximum Gasteiger partial charge on any atom is 0.304 e. The Hall–Kier alpha value is -1.47. The minimum absolute atomic E-state index is 0.0926. The number of carbonyl (C=O) groups is 1. The van der Waals surface area contributed by atoms with Crippen LogP contribution in [0.1, 0.15) is 19.3 Å². The predicted octanol–water partition coefficient (Wildman–Crippen LogP) is 1.70. The van der Waals surface area contributed by atoms with Crippen molar-refractivity contribution in [2.45, 2.75) is 24.2 Å². The topological polar surface area (TPSA) is 74.7 Å². The smallest absolute Gasteiger partial charge is 0.304 e. The highest BCUT2D eigenvalue weighted by atomic mass is 32.2. The number of carboxylic acids is 1. The first kappa shape index (κ1) is 14.9. The largest absolute Gasteiger partial charge is 0.481 e. The molecule has 0 aliphatic heterocycles. The van der Waals surface area contributed by atoms with Crippen LogP contribution >= 0.6 is 0 Å². The van der Waals surface area contributed by atoms with Crippen molar-refractivity contribution in [2.75, 3.05) is 13.1 Å². The monoisotopic (exact) mass is 301 g/mol. The molecular weight excluding hydrogens is 285 g/mol. The third kappa shape index (κ3) is 3.77. The van der Waals surface area contributed by atoms with Gasteiger partial charge in [0.05, 0.1) is 11.3 Å². The average molecular weight is 301 g/mol. The maximum absolute atomic E-state index is 13.2. The normalized spacial score (nSPS) is 15.5. The van der Waals surface area contributed by atoms with Gasteiger partial charge >= 0.3 is 5.97 Å². The second-order valence-electron chi connectivity index (χ2n) is 4.91. The lowest BCUT2D eigenvalue weighted by atomic mass is 10.3. The second-order valence-corrected chi connectivity index (χ2v) is 6.85. The van der Waals surface area contributed by atoms with Gasteiger partial charge in [-0.2, -0.15) is 4.31 Å². The molecule has 0 atom stereocenters. The van der Waals surface area contributed by atoms with Gasteiger partial charge in [0.1, 0.15) is 5.82 Å². The molecular formula is C13H16FNO4S. The van der Waals surface area contributed by atoms with E-state index in [1.165, 1.54) is 18.2 Å². The highest BCUT2D eigenvalue weighted by Gasteiger charge is 2.32. The van der Waals surface area contributed by atoms with Crippen LogP contribution < -0.4 is 0 Å². The van der Waals surface area contributed by atoms with E-state index >= 15 is 0 Å². The van der Waals surface area contributed by atoms with E-state index in [0.717, 1.165) is 23.2 Å². The highest BCUT2D eigenvalue weighted by Crippen LogP contribution is 2.31. The van der Waals surface area contributed by atoms with E-state index in [-0.39, 0.29) is 23.8 Å². The van der Waals surface area contributed by atoms with Crippen LogP contribution in [0, 0.1) is 11.7 Å². The number of hydrogen-bond acceptors (Lipinski definition) is 3. The molecule has 20 heavy (non-hydrogen) atoms. The molecule has 1 fully saturated rings. The van der Waals surface area contributed by atoms with Crippen LogP contribution in [0.3, 0.4) is 0 Å². The summed E-state index contributed by atoms with van der Waals surface area (Å²) in [5.74, 6) is -1.40. The van der Waals surface area contributed by atoms with Crippen LogP contribution in [-0.4, -0.2) is 36.9 Å². The van der Waals surface area contributed by atoms with Crippen LogP contribution in [-0.2, 0) is 14.8 Å². The van der Waals surface area contributed by atoms with Crippen LogP contribution in [0.2, 0.25) is 0 Å². The van der Waals surface area contributed by atoms with Gasteiger partial charge in [-0.05, 0) is 37.0 Å². The molecule has 2 rings (SSSR count). The Bertz CT molecular complexity index is 598. The van der Waals surface area contributed by atoms with E-state index in [0.29, 0.717) is 6.54 Å². The number of halogens is 1. The summed E-state index contributed by atoms with van der Waals surface area (Å²) < 4.78 is 39.2. The van der Waals surface area contributed by atoms with Gasteiger partial charge < -0.3 is 5.11 Å². The van der Waals surface area contributed by atoms with Crippen LogP contribution in [0.25, 0.3) is 0 Å². The van der Waals surface area contributed by atoms with Crippen molar-refractivity contribution in [2.24, 2.45) is 5.92 Å². The van der Waals surface area contributed by atoms with Crippen LogP contribution in [0.15, 0.2) is 29.2 Å². The lowest BCUT2D eigenvalue weighted by Gasteiger charge is -2.21. The fourth-order valence-electron chi connectivity index (χ4n) is 1.89. The molecule has 0 bridgehead atoms. The number of benzene rings is 1. The second kappa shape index (κ2) is 5.88. The Morgan fingerprint density at radius 2 is 2.10 bits per heavy atom. The molecule has 0 spiro atoms. The summed E-state index contributed by atoms with van der Waals surface area (Å²) in [4.78, 5) is 10.5. The molecule has 0 amide bonds. The first-order chi connectivity index (χ1) is 9.39. The first-order valence-corrected chi connectivity index (χ1v) is 7.81. The van der Waals surface area contributed by atoms with Crippen molar-refractivity contribution in [1.29, 1.82) is 0 Å². The molecule has 1 aromatic carbocycles. The van der Waals surface area contributed by atoms with E-state index in [9.17, 15) is 17.6 Å². The van der Waals surface area contributed by atoms with E-state index in [4.69, 9.17) is 5.11 Å². The minimum Gasteiger partial charge on any atom is -0.481 e. The van der Waals surface area contributed by atoms with Crippen LogP contribution in [0.5, 0.6) is 0 Å². The molecule has 0 radical (unpaired) electrons. The van der Waals surface area contributed by atoms with Crippen molar-refractivity contribution in [1.82, 2.24) is 4.31 Å². The van der Waals surface area contributed by atoms with Crippen molar-refractivity contribution in [3.8, 4) is 0 Å². The molecule has 1 aliphatic carbocycles. The summed E-state index contributed by atoms with van der Waals surface area (Å²) in [6.07, 6.45) is 1.63. The summed E-state index contributed by atoms with van der Waals surface area (Å²) in [6, 6.07) is 4.77. The fraction of sp³-hybridized carbons (Fsp3) is 0.462. The van der Waals surface area contributed by atoms with E-state index in [2.05, 4.69) is 0 Å². The third-order valence-electron chi connectivity index (χ3n) is 3.17. The summed E-state index contributed by atoms with van der Waals surface area (Å²) in [5, 5.41) is 8.71.